The monoisotopic (exact) mass is 289 g/mol. The van der Waals surface area contributed by atoms with E-state index in [2.05, 4.69) is 5.10 Å². The largest absolute Gasteiger partial charge is 0.480 e. The van der Waals surface area contributed by atoms with Crippen LogP contribution in [0.5, 0.6) is 0 Å². The molecule has 21 heavy (non-hydrogen) atoms. The fourth-order valence-electron chi connectivity index (χ4n) is 2.23. The lowest BCUT2D eigenvalue weighted by atomic mass is 10.2. The second-order valence-corrected chi connectivity index (χ2v) is 5.03. The van der Waals surface area contributed by atoms with Gasteiger partial charge in [-0.05, 0) is 19.4 Å². The molecule has 0 radical (unpaired) electrons. The second kappa shape index (κ2) is 6.39. The molecule has 1 amide bonds. The van der Waals surface area contributed by atoms with E-state index in [0.29, 0.717) is 6.42 Å². The molecule has 6 nitrogen and oxygen atoms in total. The fraction of sp³-hybridized carbons (Fsp3) is 0.400. The molecule has 2 aromatic rings. The van der Waals surface area contributed by atoms with Gasteiger partial charge in [-0.2, -0.15) is 5.10 Å². The molecule has 2 rings (SSSR count). The molecular weight excluding hydrogens is 270 g/mol. The number of aromatic nitrogens is 2. The molecule has 1 aromatic heterocycles. The summed E-state index contributed by atoms with van der Waals surface area (Å²) in [6, 6.07) is 7.49. The molecular formula is C15H19N3O3. The van der Waals surface area contributed by atoms with Crippen LogP contribution in [0.3, 0.4) is 0 Å². The normalized spacial score (nSPS) is 12.3. The molecule has 1 atom stereocenters. The molecule has 1 aromatic carbocycles. The van der Waals surface area contributed by atoms with Gasteiger partial charge >= 0.3 is 5.97 Å². The number of carbonyl (C=O) groups excluding carboxylic acids is 1. The lowest BCUT2D eigenvalue weighted by molar-refractivity contribution is -0.146. The number of benzene rings is 1. The Balaban J connectivity index is 2.19. The summed E-state index contributed by atoms with van der Waals surface area (Å²) in [4.78, 5) is 24.7. The lowest BCUT2D eigenvalue weighted by Crippen LogP contribution is -2.43. The summed E-state index contributed by atoms with van der Waals surface area (Å²) >= 11 is 0. The van der Waals surface area contributed by atoms with Crippen LogP contribution in [0.2, 0.25) is 0 Å². The van der Waals surface area contributed by atoms with Gasteiger partial charge in [-0.3, -0.25) is 14.3 Å². The van der Waals surface area contributed by atoms with Gasteiger partial charge in [0.2, 0.25) is 5.91 Å². The molecule has 0 aliphatic heterocycles. The molecule has 0 fully saturated rings. The van der Waals surface area contributed by atoms with Crippen LogP contribution in [0.25, 0.3) is 10.9 Å². The highest BCUT2D eigenvalue weighted by atomic mass is 16.4. The van der Waals surface area contributed by atoms with Crippen LogP contribution in [0.15, 0.2) is 30.5 Å². The predicted molar refractivity (Wildman–Crippen MR) is 78.8 cm³/mol. The average Bonchev–Trinajstić information content (AvgIpc) is 2.87. The number of carboxylic acids is 1. The molecule has 0 aliphatic carbocycles. The van der Waals surface area contributed by atoms with Crippen LogP contribution in [-0.4, -0.2) is 44.3 Å². The van der Waals surface area contributed by atoms with Crippen LogP contribution in [0.1, 0.15) is 20.3 Å². The van der Waals surface area contributed by atoms with Crippen molar-refractivity contribution in [3.8, 4) is 0 Å². The van der Waals surface area contributed by atoms with Gasteiger partial charge in [0.1, 0.15) is 13.1 Å². The maximum absolute atomic E-state index is 12.4. The first-order chi connectivity index (χ1) is 10.0. The van der Waals surface area contributed by atoms with Gasteiger partial charge in [-0.25, -0.2) is 0 Å². The van der Waals surface area contributed by atoms with E-state index >= 15 is 0 Å². The standard InChI is InChI=1S/C15H19N3O3/c1-3-11(2)17(10-15(20)21)14(19)9-18-13-7-5-4-6-12(13)8-16-18/h4-8,11H,3,9-10H2,1-2H3,(H,20,21)/t11-/m0/s1. The summed E-state index contributed by atoms with van der Waals surface area (Å²) in [6.45, 7) is 3.54. The van der Waals surface area contributed by atoms with Crippen LogP contribution in [-0.2, 0) is 16.1 Å². The number of carbonyl (C=O) groups is 2. The number of hydrogen-bond acceptors (Lipinski definition) is 3. The molecule has 112 valence electrons. The number of carboxylic acid groups (broad SMARTS) is 1. The number of nitrogens with zero attached hydrogens (tertiary/aromatic N) is 3. The van der Waals surface area contributed by atoms with Crippen molar-refractivity contribution in [1.29, 1.82) is 0 Å². The quantitative estimate of drug-likeness (QED) is 0.879. The Hall–Kier alpha value is -2.37. The maximum Gasteiger partial charge on any atom is 0.323 e. The number of fused-ring (bicyclic) bond motifs is 1. The Morgan fingerprint density at radius 1 is 1.38 bits per heavy atom. The van der Waals surface area contributed by atoms with Crippen molar-refractivity contribution in [1.82, 2.24) is 14.7 Å². The van der Waals surface area contributed by atoms with E-state index in [1.54, 1.807) is 10.9 Å². The molecule has 0 aliphatic rings. The molecule has 0 saturated heterocycles. The van der Waals surface area contributed by atoms with Crippen molar-refractivity contribution in [2.45, 2.75) is 32.9 Å². The van der Waals surface area contributed by atoms with Crippen LogP contribution >= 0.6 is 0 Å². The van der Waals surface area contributed by atoms with Gasteiger partial charge in [-0.1, -0.05) is 25.1 Å². The van der Waals surface area contributed by atoms with E-state index in [-0.39, 0.29) is 25.0 Å². The maximum atomic E-state index is 12.4. The lowest BCUT2D eigenvalue weighted by Gasteiger charge is -2.27. The zero-order valence-electron chi connectivity index (χ0n) is 12.2. The van der Waals surface area contributed by atoms with E-state index in [9.17, 15) is 9.59 Å². The van der Waals surface area contributed by atoms with Gasteiger partial charge in [0.25, 0.3) is 0 Å². The zero-order chi connectivity index (χ0) is 15.4. The Morgan fingerprint density at radius 3 is 2.76 bits per heavy atom. The number of aliphatic carboxylic acids is 1. The zero-order valence-corrected chi connectivity index (χ0v) is 12.2. The van der Waals surface area contributed by atoms with E-state index in [1.807, 2.05) is 38.1 Å². The number of rotatable bonds is 6. The van der Waals surface area contributed by atoms with E-state index in [4.69, 9.17) is 5.11 Å². The molecule has 0 spiro atoms. The third-order valence-electron chi connectivity index (χ3n) is 3.58. The third kappa shape index (κ3) is 3.39. The Labute approximate surface area is 123 Å². The average molecular weight is 289 g/mol. The smallest absolute Gasteiger partial charge is 0.323 e. The summed E-state index contributed by atoms with van der Waals surface area (Å²) in [5.74, 6) is -1.24. The summed E-state index contributed by atoms with van der Waals surface area (Å²) < 4.78 is 1.61. The van der Waals surface area contributed by atoms with E-state index in [0.717, 1.165) is 10.9 Å². The van der Waals surface area contributed by atoms with Crippen molar-refractivity contribution >= 4 is 22.8 Å². The number of hydrogen-bond donors (Lipinski definition) is 1. The van der Waals surface area contributed by atoms with Gasteiger partial charge in [0, 0.05) is 11.4 Å². The van der Waals surface area contributed by atoms with Crippen LogP contribution in [0.4, 0.5) is 0 Å². The minimum Gasteiger partial charge on any atom is -0.480 e. The van der Waals surface area contributed by atoms with Crippen LogP contribution < -0.4 is 0 Å². The van der Waals surface area contributed by atoms with Crippen molar-refractivity contribution in [2.75, 3.05) is 6.54 Å². The highest BCUT2D eigenvalue weighted by Gasteiger charge is 2.22. The fourth-order valence-corrected chi connectivity index (χ4v) is 2.23. The molecule has 1 heterocycles. The first kappa shape index (κ1) is 15.0. The molecule has 0 saturated carbocycles. The first-order valence-corrected chi connectivity index (χ1v) is 6.94. The first-order valence-electron chi connectivity index (χ1n) is 6.94. The molecule has 0 unspecified atom stereocenters. The van der Waals surface area contributed by atoms with Gasteiger partial charge in [-0.15, -0.1) is 0 Å². The topological polar surface area (TPSA) is 75.4 Å². The van der Waals surface area contributed by atoms with Crippen molar-refractivity contribution in [3.63, 3.8) is 0 Å². The van der Waals surface area contributed by atoms with E-state index < -0.39 is 5.97 Å². The Kier molecular flexibility index (Phi) is 4.57. The van der Waals surface area contributed by atoms with Gasteiger partial charge < -0.3 is 10.0 Å². The molecule has 1 N–H and O–H groups in total. The summed E-state index contributed by atoms with van der Waals surface area (Å²) in [6.07, 6.45) is 2.41. The SMILES string of the molecule is CC[C@H](C)N(CC(=O)O)C(=O)Cn1ncc2ccccc21. The predicted octanol–water partition coefficient (Wildman–Crippen LogP) is 1.75. The summed E-state index contributed by atoms with van der Waals surface area (Å²) in [7, 11) is 0. The summed E-state index contributed by atoms with van der Waals surface area (Å²) in [5.41, 5.74) is 0.866. The Bertz CT molecular complexity index is 650. The van der Waals surface area contributed by atoms with Gasteiger partial charge in [0.05, 0.1) is 11.7 Å². The summed E-state index contributed by atoms with van der Waals surface area (Å²) in [5, 5.41) is 14.1. The van der Waals surface area contributed by atoms with Crippen molar-refractivity contribution in [2.24, 2.45) is 0 Å². The highest BCUT2D eigenvalue weighted by molar-refractivity contribution is 5.84. The van der Waals surface area contributed by atoms with E-state index in [1.165, 1.54) is 4.90 Å². The second-order valence-electron chi connectivity index (χ2n) is 5.03. The molecule has 0 bridgehead atoms. The Morgan fingerprint density at radius 2 is 2.10 bits per heavy atom. The minimum absolute atomic E-state index is 0.0468. The third-order valence-corrected chi connectivity index (χ3v) is 3.58. The van der Waals surface area contributed by atoms with Gasteiger partial charge in [0.15, 0.2) is 0 Å². The number of amides is 1. The van der Waals surface area contributed by atoms with Crippen molar-refractivity contribution < 1.29 is 14.7 Å². The van der Waals surface area contributed by atoms with Crippen LogP contribution in [0, 0.1) is 0 Å². The number of para-hydroxylation sites is 1. The van der Waals surface area contributed by atoms with Crippen molar-refractivity contribution in [3.05, 3.63) is 30.5 Å². The highest BCUT2D eigenvalue weighted by Crippen LogP contribution is 2.13. The minimum atomic E-state index is -1.01. The molecule has 6 heteroatoms.